The van der Waals surface area contributed by atoms with Gasteiger partial charge in [-0.05, 0) is 17.7 Å². The molecule has 2 aliphatic rings. The van der Waals surface area contributed by atoms with E-state index in [1.54, 1.807) is 0 Å². The topological polar surface area (TPSA) is 28.5 Å². The first-order valence-corrected chi connectivity index (χ1v) is 8.18. The summed E-state index contributed by atoms with van der Waals surface area (Å²) in [6.07, 6.45) is 1.86. The second-order valence-electron chi connectivity index (χ2n) is 5.55. The van der Waals surface area contributed by atoms with Crippen molar-refractivity contribution in [2.24, 2.45) is 4.99 Å². The molecule has 1 aromatic heterocycles. The highest BCUT2D eigenvalue weighted by atomic mass is 32.2. The fourth-order valence-corrected chi connectivity index (χ4v) is 4.22. The molecule has 0 radical (unpaired) electrons. The van der Waals surface area contributed by atoms with E-state index >= 15 is 0 Å². The summed E-state index contributed by atoms with van der Waals surface area (Å²) in [5.74, 6) is 0. The molecule has 1 fully saturated rings. The van der Waals surface area contributed by atoms with E-state index in [1.807, 2.05) is 30.1 Å². The molecular formula is C17H17N3S. The fourth-order valence-electron chi connectivity index (χ4n) is 3.13. The summed E-state index contributed by atoms with van der Waals surface area (Å²) in [6.45, 7) is 3.33. The Morgan fingerprint density at radius 1 is 1.10 bits per heavy atom. The van der Waals surface area contributed by atoms with Crippen LogP contribution in [0.4, 0.5) is 0 Å². The Morgan fingerprint density at radius 2 is 1.90 bits per heavy atom. The zero-order valence-corrected chi connectivity index (χ0v) is 12.7. The summed E-state index contributed by atoms with van der Waals surface area (Å²) in [4.78, 5) is 12.0. The first-order valence-electron chi connectivity index (χ1n) is 7.30. The standard InChI is InChI=1S/C17H17N3S/c1-12-11-20-16(13-7-3-2-4-8-13)15(19-17(20)21-12)14-9-5-6-10-18-14/h2-10,12,15-16H,11H2,1H3/t12-,15-,16+/m1/s1. The van der Waals surface area contributed by atoms with E-state index in [4.69, 9.17) is 4.99 Å². The van der Waals surface area contributed by atoms with Crippen molar-refractivity contribution in [3.8, 4) is 0 Å². The maximum atomic E-state index is 4.97. The predicted molar refractivity (Wildman–Crippen MR) is 87.4 cm³/mol. The van der Waals surface area contributed by atoms with Gasteiger partial charge in [-0.15, -0.1) is 0 Å². The van der Waals surface area contributed by atoms with Crippen LogP contribution in [0.1, 0.15) is 30.3 Å². The van der Waals surface area contributed by atoms with Gasteiger partial charge in [0.05, 0.1) is 11.7 Å². The summed E-state index contributed by atoms with van der Waals surface area (Å²) in [7, 11) is 0. The van der Waals surface area contributed by atoms with Gasteiger partial charge in [0.25, 0.3) is 0 Å². The first-order chi connectivity index (χ1) is 10.3. The van der Waals surface area contributed by atoms with E-state index in [0.29, 0.717) is 5.25 Å². The molecule has 2 aromatic rings. The van der Waals surface area contributed by atoms with Crippen LogP contribution in [0.3, 0.4) is 0 Å². The van der Waals surface area contributed by atoms with Crippen LogP contribution in [-0.2, 0) is 0 Å². The number of aliphatic imine (C=N–C) groups is 1. The normalized spacial score (nSPS) is 27.6. The number of hydrogen-bond donors (Lipinski definition) is 0. The molecule has 4 heteroatoms. The average molecular weight is 295 g/mol. The van der Waals surface area contributed by atoms with Gasteiger partial charge in [-0.25, -0.2) is 0 Å². The maximum Gasteiger partial charge on any atom is 0.160 e. The van der Waals surface area contributed by atoms with Gasteiger partial charge in [0.2, 0.25) is 0 Å². The Bertz CT molecular complexity index is 656. The summed E-state index contributed by atoms with van der Waals surface area (Å²) in [5, 5.41) is 1.78. The lowest BCUT2D eigenvalue weighted by molar-refractivity contribution is 0.321. The number of fused-ring (bicyclic) bond motifs is 1. The number of amidine groups is 1. The Morgan fingerprint density at radius 3 is 2.67 bits per heavy atom. The largest absolute Gasteiger partial charge is 0.341 e. The van der Waals surface area contributed by atoms with E-state index in [1.165, 1.54) is 10.7 Å². The molecule has 0 amide bonds. The van der Waals surface area contributed by atoms with Crippen LogP contribution in [0, 0.1) is 0 Å². The number of benzene rings is 1. The monoisotopic (exact) mass is 295 g/mol. The Kier molecular flexibility index (Phi) is 3.19. The smallest absolute Gasteiger partial charge is 0.160 e. The third kappa shape index (κ3) is 2.23. The first kappa shape index (κ1) is 12.9. The van der Waals surface area contributed by atoms with Gasteiger partial charge in [-0.1, -0.05) is 55.1 Å². The van der Waals surface area contributed by atoms with E-state index < -0.39 is 0 Å². The Balaban J connectivity index is 1.77. The molecule has 0 spiro atoms. The molecule has 1 saturated heterocycles. The molecule has 4 rings (SSSR count). The van der Waals surface area contributed by atoms with Crippen LogP contribution in [0.5, 0.6) is 0 Å². The zero-order chi connectivity index (χ0) is 14.2. The van der Waals surface area contributed by atoms with Gasteiger partial charge in [0.15, 0.2) is 5.17 Å². The van der Waals surface area contributed by atoms with Crippen LogP contribution in [0.15, 0.2) is 59.7 Å². The number of pyridine rings is 1. The molecule has 3 nitrogen and oxygen atoms in total. The molecule has 0 saturated carbocycles. The van der Waals surface area contributed by atoms with Crippen LogP contribution in [-0.4, -0.2) is 26.8 Å². The van der Waals surface area contributed by atoms with E-state index in [0.717, 1.165) is 12.2 Å². The number of rotatable bonds is 2. The number of nitrogens with zero attached hydrogens (tertiary/aromatic N) is 3. The zero-order valence-electron chi connectivity index (χ0n) is 11.9. The highest BCUT2D eigenvalue weighted by Gasteiger charge is 2.43. The highest BCUT2D eigenvalue weighted by Crippen LogP contribution is 2.47. The number of thioether (sulfide) groups is 1. The number of aromatic nitrogens is 1. The summed E-state index contributed by atoms with van der Waals surface area (Å²) >= 11 is 1.88. The minimum absolute atomic E-state index is 0.101. The van der Waals surface area contributed by atoms with Crippen molar-refractivity contribution >= 4 is 16.9 Å². The minimum atomic E-state index is 0.101. The second kappa shape index (κ2) is 5.19. The molecule has 3 atom stereocenters. The quantitative estimate of drug-likeness (QED) is 0.846. The molecule has 106 valence electrons. The van der Waals surface area contributed by atoms with Crippen molar-refractivity contribution in [2.75, 3.05) is 6.54 Å². The van der Waals surface area contributed by atoms with Gasteiger partial charge in [0.1, 0.15) is 6.04 Å². The van der Waals surface area contributed by atoms with E-state index in [2.05, 4.69) is 53.2 Å². The van der Waals surface area contributed by atoms with Crippen LogP contribution >= 0.6 is 11.8 Å². The lowest BCUT2D eigenvalue weighted by atomic mass is 9.96. The minimum Gasteiger partial charge on any atom is -0.341 e. The molecule has 21 heavy (non-hydrogen) atoms. The molecule has 0 N–H and O–H groups in total. The molecule has 0 aliphatic carbocycles. The van der Waals surface area contributed by atoms with Gasteiger partial charge >= 0.3 is 0 Å². The van der Waals surface area contributed by atoms with Gasteiger partial charge in [0, 0.05) is 18.0 Å². The fraction of sp³-hybridized carbons (Fsp3) is 0.294. The van der Waals surface area contributed by atoms with Crippen molar-refractivity contribution < 1.29 is 0 Å². The summed E-state index contributed by atoms with van der Waals surface area (Å²) in [5.41, 5.74) is 2.38. The van der Waals surface area contributed by atoms with Crippen molar-refractivity contribution in [2.45, 2.75) is 24.3 Å². The highest BCUT2D eigenvalue weighted by molar-refractivity contribution is 8.14. The molecule has 1 aromatic carbocycles. The van der Waals surface area contributed by atoms with Crippen LogP contribution in [0.25, 0.3) is 0 Å². The van der Waals surface area contributed by atoms with Crippen molar-refractivity contribution in [3.05, 3.63) is 66.0 Å². The summed E-state index contributed by atoms with van der Waals surface area (Å²) < 4.78 is 0. The lowest BCUT2D eigenvalue weighted by Gasteiger charge is -2.27. The lowest BCUT2D eigenvalue weighted by Crippen LogP contribution is -2.28. The molecule has 2 aliphatic heterocycles. The van der Waals surface area contributed by atoms with Crippen molar-refractivity contribution in [1.29, 1.82) is 0 Å². The third-order valence-corrected chi connectivity index (χ3v) is 5.12. The van der Waals surface area contributed by atoms with Gasteiger partial charge < -0.3 is 4.90 Å². The van der Waals surface area contributed by atoms with Crippen LogP contribution < -0.4 is 0 Å². The molecule has 0 unspecified atom stereocenters. The van der Waals surface area contributed by atoms with Crippen molar-refractivity contribution in [3.63, 3.8) is 0 Å². The Hall–Kier alpha value is -1.81. The predicted octanol–water partition coefficient (Wildman–Crippen LogP) is 3.67. The van der Waals surface area contributed by atoms with Gasteiger partial charge in [-0.3, -0.25) is 9.98 Å². The van der Waals surface area contributed by atoms with E-state index in [9.17, 15) is 0 Å². The van der Waals surface area contributed by atoms with Crippen LogP contribution in [0.2, 0.25) is 0 Å². The molecular weight excluding hydrogens is 278 g/mol. The third-order valence-electron chi connectivity index (χ3n) is 4.02. The van der Waals surface area contributed by atoms with Crippen molar-refractivity contribution in [1.82, 2.24) is 9.88 Å². The van der Waals surface area contributed by atoms with E-state index in [-0.39, 0.29) is 12.1 Å². The average Bonchev–Trinajstić information content (AvgIpc) is 3.05. The molecule has 3 heterocycles. The number of hydrogen-bond acceptors (Lipinski definition) is 4. The molecule has 0 bridgehead atoms. The van der Waals surface area contributed by atoms with Gasteiger partial charge in [-0.2, -0.15) is 0 Å². The summed E-state index contributed by atoms with van der Waals surface area (Å²) in [6, 6.07) is 17.1. The Labute approximate surface area is 129 Å². The second-order valence-corrected chi connectivity index (χ2v) is 6.95. The maximum absolute atomic E-state index is 4.97. The SMILES string of the molecule is C[C@@H]1CN2C(=N[C@H](c3ccccn3)[C@@H]2c2ccccc2)S1.